The van der Waals surface area contributed by atoms with Crippen molar-refractivity contribution in [1.82, 2.24) is 5.32 Å². The van der Waals surface area contributed by atoms with Gasteiger partial charge in [0.05, 0.1) is 12.7 Å². The lowest BCUT2D eigenvalue weighted by atomic mass is 10.1. The SMILES string of the molecule is COc1ccc(C(=O)OCC(=O)NCCC(C)C)c(F)c1. The van der Waals surface area contributed by atoms with Gasteiger partial charge in [-0.3, -0.25) is 4.79 Å². The van der Waals surface area contributed by atoms with Crippen molar-refractivity contribution in [1.29, 1.82) is 0 Å². The van der Waals surface area contributed by atoms with E-state index in [2.05, 4.69) is 5.32 Å². The third kappa shape index (κ3) is 5.81. The first-order valence-electron chi connectivity index (χ1n) is 6.71. The minimum absolute atomic E-state index is 0.231. The van der Waals surface area contributed by atoms with Gasteiger partial charge >= 0.3 is 5.97 Å². The summed E-state index contributed by atoms with van der Waals surface area (Å²) in [5.74, 6) is -1.26. The summed E-state index contributed by atoms with van der Waals surface area (Å²) < 4.78 is 23.2. The molecular weight excluding hydrogens is 277 g/mol. The Labute approximate surface area is 123 Å². The van der Waals surface area contributed by atoms with Crippen LogP contribution >= 0.6 is 0 Å². The zero-order chi connectivity index (χ0) is 15.8. The average Bonchev–Trinajstić information content (AvgIpc) is 2.44. The molecule has 0 aliphatic rings. The molecule has 1 N–H and O–H groups in total. The topological polar surface area (TPSA) is 64.6 Å². The molecule has 0 atom stereocenters. The van der Waals surface area contributed by atoms with Crippen molar-refractivity contribution in [2.45, 2.75) is 20.3 Å². The molecule has 0 unspecified atom stereocenters. The average molecular weight is 297 g/mol. The molecule has 6 heteroatoms. The lowest BCUT2D eigenvalue weighted by Gasteiger charge is -2.08. The highest BCUT2D eigenvalue weighted by Gasteiger charge is 2.15. The number of hydrogen-bond acceptors (Lipinski definition) is 4. The number of carbonyl (C=O) groups excluding carboxylic acids is 2. The lowest BCUT2D eigenvalue weighted by Crippen LogP contribution is -2.30. The van der Waals surface area contributed by atoms with E-state index >= 15 is 0 Å². The van der Waals surface area contributed by atoms with E-state index in [0.717, 1.165) is 12.5 Å². The molecule has 0 saturated carbocycles. The molecule has 1 aromatic rings. The van der Waals surface area contributed by atoms with Gasteiger partial charge in [-0.25, -0.2) is 9.18 Å². The molecule has 0 aliphatic carbocycles. The van der Waals surface area contributed by atoms with Crippen molar-refractivity contribution in [3.8, 4) is 5.75 Å². The van der Waals surface area contributed by atoms with Crippen LogP contribution < -0.4 is 10.1 Å². The number of nitrogens with one attached hydrogen (secondary N) is 1. The summed E-state index contributed by atoms with van der Waals surface area (Å²) in [6.07, 6.45) is 0.840. The first-order valence-corrected chi connectivity index (χ1v) is 6.71. The molecule has 0 heterocycles. The van der Waals surface area contributed by atoms with Crippen molar-refractivity contribution >= 4 is 11.9 Å². The molecule has 0 aromatic heterocycles. The van der Waals surface area contributed by atoms with Crippen LogP contribution in [0.5, 0.6) is 5.75 Å². The van der Waals surface area contributed by atoms with E-state index < -0.39 is 24.3 Å². The quantitative estimate of drug-likeness (QED) is 0.783. The zero-order valence-electron chi connectivity index (χ0n) is 12.4. The van der Waals surface area contributed by atoms with E-state index in [9.17, 15) is 14.0 Å². The fraction of sp³-hybridized carbons (Fsp3) is 0.467. The maximum atomic E-state index is 13.6. The minimum Gasteiger partial charge on any atom is -0.497 e. The molecule has 0 saturated heterocycles. The summed E-state index contributed by atoms with van der Waals surface area (Å²) in [7, 11) is 1.40. The van der Waals surface area contributed by atoms with Crippen LogP contribution in [-0.4, -0.2) is 32.1 Å². The molecule has 21 heavy (non-hydrogen) atoms. The Morgan fingerprint density at radius 1 is 1.33 bits per heavy atom. The minimum atomic E-state index is -0.880. The van der Waals surface area contributed by atoms with Gasteiger partial charge in [0.1, 0.15) is 11.6 Å². The molecule has 0 fully saturated rings. The second kappa shape index (κ2) is 8.24. The third-order valence-electron chi connectivity index (χ3n) is 2.77. The third-order valence-corrected chi connectivity index (χ3v) is 2.77. The van der Waals surface area contributed by atoms with E-state index in [1.54, 1.807) is 0 Å². The Hall–Kier alpha value is -2.11. The van der Waals surface area contributed by atoms with E-state index in [1.165, 1.54) is 19.2 Å². The van der Waals surface area contributed by atoms with Crippen LogP contribution in [0, 0.1) is 11.7 Å². The van der Waals surface area contributed by atoms with Gasteiger partial charge in [0, 0.05) is 12.6 Å². The fourth-order valence-electron chi connectivity index (χ4n) is 1.55. The van der Waals surface area contributed by atoms with Crippen molar-refractivity contribution < 1.29 is 23.5 Å². The van der Waals surface area contributed by atoms with Crippen molar-refractivity contribution in [3.63, 3.8) is 0 Å². The maximum Gasteiger partial charge on any atom is 0.341 e. The second-order valence-electron chi connectivity index (χ2n) is 4.95. The van der Waals surface area contributed by atoms with Gasteiger partial charge in [0.2, 0.25) is 0 Å². The summed E-state index contributed by atoms with van der Waals surface area (Å²) in [4.78, 5) is 23.1. The van der Waals surface area contributed by atoms with Gasteiger partial charge in [-0.1, -0.05) is 13.8 Å². The van der Waals surface area contributed by atoms with Gasteiger partial charge < -0.3 is 14.8 Å². The van der Waals surface area contributed by atoms with E-state index in [-0.39, 0.29) is 5.56 Å². The number of methoxy groups -OCH3 is 1. The van der Waals surface area contributed by atoms with Crippen LogP contribution in [0.15, 0.2) is 18.2 Å². The number of halogens is 1. The highest BCUT2D eigenvalue weighted by atomic mass is 19.1. The smallest absolute Gasteiger partial charge is 0.341 e. The molecule has 1 amide bonds. The van der Waals surface area contributed by atoms with E-state index in [0.29, 0.717) is 18.2 Å². The predicted molar refractivity (Wildman–Crippen MR) is 75.7 cm³/mol. The van der Waals surface area contributed by atoms with Crippen LogP contribution in [0.1, 0.15) is 30.6 Å². The standard InChI is InChI=1S/C15H20FNO4/c1-10(2)6-7-17-14(18)9-21-15(19)12-5-4-11(20-3)8-13(12)16/h4-5,8,10H,6-7,9H2,1-3H3,(H,17,18). The predicted octanol–water partition coefficient (Wildman–Crippen LogP) is 2.15. The summed E-state index contributed by atoms with van der Waals surface area (Å²) in [6, 6.07) is 3.79. The normalized spacial score (nSPS) is 10.3. The lowest BCUT2D eigenvalue weighted by molar-refractivity contribution is -0.124. The van der Waals surface area contributed by atoms with Crippen molar-refractivity contribution in [2.24, 2.45) is 5.92 Å². The number of amides is 1. The first kappa shape index (κ1) is 16.9. The number of esters is 1. The van der Waals surface area contributed by atoms with Gasteiger partial charge in [0.25, 0.3) is 5.91 Å². The Morgan fingerprint density at radius 3 is 2.62 bits per heavy atom. The van der Waals surface area contributed by atoms with Crippen molar-refractivity contribution in [2.75, 3.05) is 20.3 Å². The van der Waals surface area contributed by atoms with Crippen LogP contribution in [0.4, 0.5) is 4.39 Å². The molecule has 0 aliphatic heterocycles. The zero-order valence-corrected chi connectivity index (χ0v) is 12.4. The monoisotopic (exact) mass is 297 g/mol. The van der Waals surface area contributed by atoms with Crippen LogP contribution in [0.25, 0.3) is 0 Å². The highest BCUT2D eigenvalue weighted by Crippen LogP contribution is 2.16. The maximum absolute atomic E-state index is 13.6. The Kier molecular flexibility index (Phi) is 6.65. The van der Waals surface area contributed by atoms with Gasteiger partial charge in [0.15, 0.2) is 6.61 Å². The van der Waals surface area contributed by atoms with Crippen LogP contribution in [0.3, 0.4) is 0 Å². The number of ether oxygens (including phenoxy) is 2. The van der Waals surface area contributed by atoms with Gasteiger partial charge in [-0.05, 0) is 24.5 Å². The summed E-state index contributed by atoms with van der Waals surface area (Å²) in [5.41, 5.74) is -0.231. The molecule has 0 bridgehead atoms. The van der Waals surface area contributed by atoms with Gasteiger partial charge in [-0.2, -0.15) is 0 Å². The molecule has 0 spiro atoms. The molecule has 116 valence electrons. The molecule has 5 nitrogen and oxygen atoms in total. The number of rotatable bonds is 7. The molecule has 0 radical (unpaired) electrons. The van der Waals surface area contributed by atoms with E-state index in [1.807, 2.05) is 13.8 Å². The molecule has 1 aromatic carbocycles. The Balaban J connectivity index is 2.45. The van der Waals surface area contributed by atoms with Crippen molar-refractivity contribution in [3.05, 3.63) is 29.6 Å². The Bertz CT molecular complexity index is 502. The van der Waals surface area contributed by atoms with Gasteiger partial charge in [-0.15, -0.1) is 0 Å². The summed E-state index contributed by atoms with van der Waals surface area (Å²) >= 11 is 0. The van der Waals surface area contributed by atoms with Crippen LogP contribution in [0.2, 0.25) is 0 Å². The van der Waals surface area contributed by atoms with Crippen LogP contribution in [-0.2, 0) is 9.53 Å². The number of carbonyl (C=O) groups is 2. The largest absolute Gasteiger partial charge is 0.497 e. The van der Waals surface area contributed by atoms with E-state index in [4.69, 9.17) is 9.47 Å². The highest BCUT2D eigenvalue weighted by molar-refractivity contribution is 5.91. The number of hydrogen-bond donors (Lipinski definition) is 1. The number of benzene rings is 1. The fourth-order valence-corrected chi connectivity index (χ4v) is 1.55. The molecular formula is C15H20FNO4. The first-order chi connectivity index (χ1) is 9.93. The Morgan fingerprint density at radius 2 is 2.05 bits per heavy atom. The summed E-state index contributed by atoms with van der Waals surface area (Å²) in [6.45, 7) is 4.17. The summed E-state index contributed by atoms with van der Waals surface area (Å²) in [5, 5.41) is 2.62. The molecule has 1 rings (SSSR count). The second-order valence-corrected chi connectivity index (χ2v) is 4.95.